The van der Waals surface area contributed by atoms with Crippen molar-refractivity contribution in [2.75, 3.05) is 6.66 Å². The van der Waals surface area contributed by atoms with Gasteiger partial charge in [-0.05, 0) is 50.9 Å². The van der Waals surface area contributed by atoms with Gasteiger partial charge in [-0.3, -0.25) is 0 Å². The molecule has 0 N–H and O–H groups in total. The van der Waals surface area contributed by atoms with Crippen LogP contribution in [0.5, 0.6) is 0 Å². The Morgan fingerprint density at radius 3 is 2.12 bits per heavy atom. The second-order valence-electron chi connectivity index (χ2n) is 7.81. The molecule has 2 aliphatic rings. The van der Waals surface area contributed by atoms with Gasteiger partial charge in [0.15, 0.2) is 0 Å². The molecule has 24 heavy (non-hydrogen) atoms. The van der Waals surface area contributed by atoms with E-state index >= 15 is 0 Å². The fourth-order valence-corrected chi connectivity index (χ4v) is 5.76. The zero-order valence-corrected chi connectivity index (χ0v) is 15.7. The third-order valence-electron chi connectivity index (χ3n) is 5.66. The van der Waals surface area contributed by atoms with E-state index in [9.17, 15) is 4.57 Å². The van der Waals surface area contributed by atoms with Crippen LogP contribution in [0, 0.1) is 0 Å². The standard InChI is InChI=1S/C19H22BO3P/c1-18(2)19(3,4)23-20(22-18)13-10-11-17-15(12-13)14-8-6-7-9-16(14)24(17,5)21/h6-12H,1-5H3. The monoisotopic (exact) mass is 340 g/mol. The molecule has 3 nitrogen and oxygen atoms in total. The Balaban J connectivity index is 1.81. The largest absolute Gasteiger partial charge is 0.494 e. The van der Waals surface area contributed by atoms with Crippen molar-refractivity contribution in [1.82, 2.24) is 0 Å². The molecule has 1 saturated heterocycles. The van der Waals surface area contributed by atoms with Crippen LogP contribution in [0.1, 0.15) is 27.7 Å². The zero-order valence-electron chi connectivity index (χ0n) is 14.8. The molecular weight excluding hydrogens is 318 g/mol. The quantitative estimate of drug-likeness (QED) is 0.592. The van der Waals surface area contributed by atoms with Crippen molar-refractivity contribution in [3.05, 3.63) is 42.5 Å². The van der Waals surface area contributed by atoms with Gasteiger partial charge in [-0.1, -0.05) is 42.5 Å². The maximum absolute atomic E-state index is 13.2. The molecule has 0 spiro atoms. The number of benzene rings is 2. The Bertz CT molecular complexity index is 872. The molecule has 124 valence electrons. The zero-order chi connectivity index (χ0) is 17.3. The predicted molar refractivity (Wildman–Crippen MR) is 100 cm³/mol. The van der Waals surface area contributed by atoms with Gasteiger partial charge in [0.1, 0.15) is 7.14 Å². The molecule has 0 radical (unpaired) electrons. The van der Waals surface area contributed by atoms with Crippen molar-refractivity contribution in [2.45, 2.75) is 38.9 Å². The van der Waals surface area contributed by atoms with Crippen LogP contribution in [-0.2, 0) is 13.9 Å². The first-order valence-electron chi connectivity index (χ1n) is 8.31. The molecule has 0 aromatic heterocycles. The van der Waals surface area contributed by atoms with E-state index in [2.05, 4.69) is 33.8 Å². The van der Waals surface area contributed by atoms with Crippen LogP contribution in [0.3, 0.4) is 0 Å². The van der Waals surface area contributed by atoms with E-state index < -0.39 is 14.3 Å². The fourth-order valence-electron chi connectivity index (χ4n) is 3.47. The summed E-state index contributed by atoms with van der Waals surface area (Å²) in [7, 11) is -2.91. The average molecular weight is 340 g/mol. The van der Waals surface area contributed by atoms with Crippen molar-refractivity contribution in [2.24, 2.45) is 0 Å². The maximum atomic E-state index is 13.2. The van der Waals surface area contributed by atoms with Crippen molar-refractivity contribution < 1.29 is 13.9 Å². The summed E-state index contributed by atoms with van der Waals surface area (Å²) in [6, 6.07) is 14.0. The molecule has 2 aromatic rings. The highest BCUT2D eigenvalue weighted by molar-refractivity contribution is 7.79. The number of hydrogen-bond donors (Lipinski definition) is 0. The van der Waals surface area contributed by atoms with Crippen molar-refractivity contribution in [3.63, 3.8) is 0 Å². The van der Waals surface area contributed by atoms with Gasteiger partial charge in [0.25, 0.3) is 0 Å². The Hall–Kier alpha value is -1.35. The number of rotatable bonds is 1. The third-order valence-corrected chi connectivity index (χ3v) is 8.28. The molecule has 1 fully saturated rings. The van der Waals surface area contributed by atoms with Gasteiger partial charge in [-0.2, -0.15) is 0 Å². The lowest BCUT2D eigenvalue weighted by molar-refractivity contribution is 0.00578. The number of fused-ring (bicyclic) bond motifs is 3. The minimum Gasteiger partial charge on any atom is -0.399 e. The van der Waals surface area contributed by atoms with Crippen molar-refractivity contribution in [3.8, 4) is 11.1 Å². The average Bonchev–Trinajstić information content (AvgIpc) is 2.88. The Morgan fingerprint density at radius 2 is 1.46 bits per heavy atom. The van der Waals surface area contributed by atoms with E-state index in [1.807, 2.05) is 43.1 Å². The molecule has 0 saturated carbocycles. The minimum absolute atomic E-state index is 0.366. The molecule has 1 atom stereocenters. The highest BCUT2D eigenvalue weighted by Crippen LogP contribution is 2.49. The molecular formula is C19H22BO3P. The highest BCUT2D eigenvalue weighted by atomic mass is 31.2. The molecule has 2 aliphatic heterocycles. The molecule has 1 unspecified atom stereocenters. The van der Waals surface area contributed by atoms with Gasteiger partial charge in [-0.15, -0.1) is 0 Å². The number of hydrogen-bond acceptors (Lipinski definition) is 3. The summed E-state index contributed by atoms with van der Waals surface area (Å²) >= 11 is 0. The van der Waals surface area contributed by atoms with Crippen molar-refractivity contribution in [1.29, 1.82) is 0 Å². The molecule has 0 aliphatic carbocycles. The molecule has 0 bridgehead atoms. The molecule has 2 aromatic carbocycles. The Kier molecular flexibility index (Phi) is 3.26. The summed E-state index contributed by atoms with van der Waals surface area (Å²) < 4.78 is 25.6. The van der Waals surface area contributed by atoms with Gasteiger partial charge >= 0.3 is 7.12 Å². The topological polar surface area (TPSA) is 35.5 Å². The first kappa shape index (κ1) is 16.1. The van der Waals surface area contributed by atoms with Crippen LogP contribution in [-0.4, -0.2) is 25.0 Å². The van der Waals surface area contributed by atoms with Crippen LogP contribution in [0.2, 0.25) is 0 Å². The van der Waals surface area contributed by atoms with Crippen molar-refractivity contribution >= 4 is 30.3 Å². The minimum atomic E-state index is -2.51. The van der Waals surface area contributed by atoms with Crippen LogP contribution in [0.4, 0.5) is 0 Å². The summed E-state index contributed by atoms with van der Waals surface area (Å²) in [5, 5.41) is 1.88. The molecule has 4 rings (SSSR count). The van der Waals surface area contributed by atoms with E-state index in [1.165, 1.54) is 0 Å². The summed E-state index contributed by atoms with van der Waals surface area (Å²) in [5.41, 5.74) is 2.35. The van der Waals surface area contributed by atoms with Gasteiger partial charge in [0.05, 0.1) is 11.2 Å². The van der Waals surface area contributed by atoms with Crippen LogP contribution >= 0.6 is 7.14 Å². The third kappa shape index (κ3) is 2.10. The Morgan fingerprint density at radius 1 is 0.875 bits per heavy atom. The Labute approximate surface area is 143 Å². The van der Waals surface area contributed by atoms with Gasteiger partial charge < -0.3 is 13.9 Å². The van der Waals surface area contributed by atoms with Crippen LogP contribution in [0.15, 0.2) is 42.5 Å². The first-order valence-corrected chi connectivity index (χ1v) is 10.5. The molecule has 0 amide bonds. The predicted octanol–water partition coefficient (Wildman–Crippen LogP) is 2.91. The van der Waals surface area contributed by atoms with E-state index in [-0.39, 0.29) is 11.2 Å². The van der Waals surface area contributed by atoms with Crippen LogP contribution < -0.4 is 16.1 Å². The lowest BCUT2D eigenvalue weighted by atomic mass is 9.78. The lowest BCUT2D eigenvalue weighted by Gasteiger charge is -2.32. The smallest absolute Gasteiger partial charge is 0.399 e. The summed E-state index contributed by atoms with van der Waals surface area (Å²) in [4.78, 5) is 0. The van der Waals surface area contributed by atoms with Crippen LogP contribution in [0.25, 0.3) is 11.1 Å². The second-order valence-corrected chi connectivity index (χ2v) is 10.6. The van der Waals surface area contributed by atoms with E-state index in [0.717, 1.165) is 27.2 Å². The SMILES string of the molecule is CC1(C)OB(c2ccc3c(c2)-c2ccccc2P3(C)=O)OC1(C)C. The van der Waals surface area contributed by atoms with E-state index in [4.69, 9.17) is 9.31 Å². The molecule has 2 heterocycles. The summed E-state index contributed by atoms with van der Waals surface area (Å²) in [6.45, 7) is 10.1. The van der Waals surface area contributed by atoms with E-state index in [1.54, 1.807) is 0 Å². The summed E-state index contributed by atoms with van der Waals surface area (Å²) in [5.74, 6) is 0. The first-order chi connectivity index (χ1) is 11.1. The summed E-state index contributed by atoms with van der Waals surface area (Å²) in [6.07, 6.45) is 0. The fraction of sp³-hybridized carbons (Fsp3) is 0.368. The highest BCUT2D eigenvalue weighted by Gasteiger charge is 2.52. The molecule has 5 heteroatoms. The van der Waals surface area contributed by atoms with Gasteiger partial charge in [0.2, 0.25) is 0 Å². The van der Waals surface area contributed by atoms with Gasteiger partial charge in [0, 0.05) is 10.6 Å². The second kappa shape index (κ2) is 4.85. The van der Waals surface area contributed by atoms with E-state index in [0.29, 0.717) is 0 Å². The normalized spacial score (nSPS) is 26.3. The van der Waals surface area contributed by atoms with Gasteiger partial charge in [-0.25, -0.2) is 0 Å². The lowest BCUT2D eigenvalue weighted by Crippen LogP contribution is -2.41. The maximum Gasteiger partial charge on any atom is 0.494 e.